The zero-order valence-corrected chi connectivity index (χ0v) is 12.7. The Hall–Kier alpha value is -1.06. The van der Waals surface area contributed by atoms with Crippen molar-refractivity contribution < 1.29 is 9.84 Å². The monoisotopic (exact) mass is 275 g/mol. The Kier molecular flexibility index (Phi) is 3.74. The van der Waals surface area contributed by atoms with Gasteiger partial charge in [0.2, 0.25) is 0 Å². The molecule has 3 nitrogen and oxygen atoms in total. The van der Waals surface area contributed by atoms with E-state index in [1.54, 1.807) is 7.11 Å². The number of fused-ring (bicyclic) bond motifs is 1. The van der Waals surface area contributed by atoms with Gasteiger partial charge in [-0.3, -0.25) is 4.90 Å². The summed E-state index contributed by atoms with van der Waals surface area (Å²) in [7, 11) is 1.68. The summed E-state index contributed by atoms with van der Waals surface area (Å²) in [5.41, 5.74) is 2.33. The Bertz CT molecular complexity index is 488. The Balaban J connectivity index is 1.87. The number of nitrogens with zero attached hydrogens (tertiary/aromatic N) is 1. The van der Waals surface area contributed by atoms with Gasteiger partial charge >= 0.3 is 0 Å². The van der Waals surface area contributed by atoms with E-state index < -0.39 is 0 Å². The Morgan fingerprint density at radius 3 is 2.85 bits per heavy atom. The van der Waals surface area contributed by atoms with Crippen LogP contribution in [0.4, 0.5) is 0 Å². The molecule has 20 heavy (non-hydrogen) atoms. The molecule has 110 valence electrons. The first-order valence-electron chi connectivity index (χ1n) is 7.78. The van der Waals surface area contributed by atoms with Crippen molar-refractivity contribution in [2.24, 2.45) is 0 Å². The lowest BCUT2D eigenvalue weighted by Gasteiger charge is -2.35. The predicted molar refractivity (Wildman–Crippen MR) is 80.1 cm³/mol. The molecular formula is C17H25NO2. The molecule has 0 saturated carbocycles. The first-order valence-corrected chi connectivity index (χ1v) is 7.78. The summed E-state index contributed by atoms with van der Waals surface area (Å²) in [6.45, 7) is 4.55. The quantitative estimate of drug-likeness (QED) is 0.920. The van der Waals surface area contributed by atoms with Crippen LogP contribution in [0.25, 0.3) is 0 Å². The van der Waals surface area contributed by atoms with Crippen LogP contribution in [-0.4, -0.2) is 35.2 Å². The van der Waals surface area contributed by atoms with Crippen molar-refractivity contribution in [3.63, 3.8) is 0 Å². The van der Waals surface area contributed by atoms with Crippen molar-refractivity contribution in [1.29, 1.82) is 0 Å². The van der Waals surface area contributed by atoms with E-state index in [2.05, 4.69) is 24.8 Å². The van der Waals surface area contributed by atoms with Crippen LogP contribution in [0.2, 0.25) is 0 Å². The van der Waals surface area contributed by atoms with Gasteiger partial charge in [0.1, 0.15) is 5.75 Å². The van der Waals surface area contributed by atoms with Crippen molar-refractivity contribution >= 4 is 0 Å². The third-order valence-corrected chi connectivity index (χ3v) is 5.17. The molecule has 1 N–H and O–H groups in total. The van der Waals surface area contributed by atoms with Crippen LogP contribution in [0, 0.1) is 0 Å². The highest BCUT2D eigenvalue weighted by Crippen LogP contribution is 2.41. The lowest BCUT2D eigenvalue weighted by Crippen LogP contribution is -2.45. The maximum atomic E-state index is 10.8. The molecule has 0 aromatic heterocycles. The fourth-order valence-corrected chi connectivity index (χ4v) is 4.08. The van der Waals surface area contributed by atoms with E-state index in [1.807, 2.05) is 12.1 Å². The van der Waals surface area contributed by atoms with Gasteiger partial charge in [0.05, 0.1) is 13.2 Å². The van der Waals surface area contributed by atoms with E-state index in [9.17, 15) is 5.11 Å². The highest BCUT2D eigenvalue weighted by molar-refractivity contribution is 5.42. The van der Waals surface area contributed by atoms with E-state index in [0.29, 0.717) is 12.1 Å². The van der Waals surface area contributed by atoms with Crippen molar-refractivity contribution in [3.05, 3.63) is 29.3 Å². The molecule has 0 radical (unpaired) electrons. The molecule has 4 atom stereocenters. The molecule has 2 aliphatic rings. The molecule has 3 rings (SSSR count). The van der Waals surface area contributed by atoms with E-state index in [1.165, 1.54) is 24.8 Å². The summed E-state index contributed by atoms with van der Waals surface area (Å²) >= 11 is 0. The van der Waals surface area contributed by atoms with Gasteiger partial charge in [0.15, 0.2) is 0 Å². The lowest BCUT2D eigenvalue weighted by molar-refractivity contribution is 0.0324. The van der Waals surface area contributed by atoms with Crippen molar-refractivity contribution in [2.75, 3.05) is 7.11 Å². The number of hydrogen-bond acceptors (Lipinski definition) is 3. The molecule has 1 fully saturated rings. The molecule has 0 bridgehead atoms. The minimum Gasteiger partial charge on any atom is -0.497 e. The fraction of sp³-hybridized carbons (Fsp3) is 0.647. The van der Waals surface area contributed by atoms with Crippen LogP contribution in [0.5, 0.6) is 5.75 Å². The molecule has 1 saturated heterocycles. The highest BCUT2D eigenvalue weighted by Gasteiger charge is 2.42. The van der Waals surface area contributed by atoms with E-state index in [-0.39, 0.29) is 12.1 Å². The number of methoxy groups -OCH3 is 1. The Morgan fingerprint density at radius 2 is 2.15 bits per heavy atom. The molecule has 1 aliphatic heterocycles. The average Bonchev–Trinajstić information content (AvgIpc) is 2.99. The SMILES string of the molecule is CCC1CCC(C)N1C1Cc2ccc(OC)cc2C1O. The molecule has 1 aromatic carbocycles. The predicted octanol–water partition coefficient (Wildman–Crippen LogP) is 2.92. The molecule has 3 heteroatoms. The number of rotatable bonds is 3. The van der Waals surface area contributed by atoms with Crippen LogP contribution in [0.3, 0.4) is 0 Å². The first kappa shape index (κ1) is 13.9. The Morgan fingerprint density at radius 1 is 1.35 bits per heavy atom. The van der Waals surface area contributed by atoms with Crippen molar-refractivity contribution in [1.82, 2.24) is 4.90 Å². The molecule has 1 aromatic rings. The second-order valence-electron chi connectivity index (χ2n) is 6.22. The summed E-state index contributed by atoms with van der Waals surface area (Å²) in [5.74, 6) is 0.838. The maximum Gasteiger partial charge on any atom is 0.119 e. The second kappa shape index (κ2) is 5.38. The molecule has 4 unspecified atom stereocenters. The number of aliphatic hydroxyl groups excluding tert-OH is 1. The summed E-state index contributed by atoms with van der Waals surface area (Å²) in [4.78, 5) is 2.57. The Labute approximate surface area is 121 Å². The molecule has 1 heterocycles. The van der Waals surface area contributed by atoms with Crippen LogP contribution in [0.1, 0.15) is 50.3 Å². The number of aliphatic hydroxyl groups is 1. The summed E-state index contributed by atoms with van der Waals surface area (Å²) in [5, 5.41) is 10.8. The van der Waals surface area contributed by atoms with Gasteiger partial charge in [-0.2, -0.15) is 0 Å². The number of likely N-dealkylation sites (tertiary alicyclic amines) is 1. The first-order chi connectivity index (χ1) is 9.65. The van der Waals surface area contributed by atoms with E-state index >= 15 is 0 Å². The normalized spacial score (nSPS) is 33.4. The fourth-order valence-electron chi connectivity index (χ4n) is 4.08. The molecule has 1 aliphatic carbocycles. The van der Waals surface area contributed by atoms with E-state index in [0.717, 1.165) is 17.7 Å². The smallest absolute Gasteiger partial charge is 0.119 e. The third-order valence-electron chi connectivity index (χ3n) is 5.17. The van der Waals surface area contributed by atoms with Gasteiger partial charge in [-0.15, -0.1) is 0 Å². The zero-order valence-electron chi connectivity index (χ0n) is 12.7. The third kappa shape index (κ3) is 2.13. The van der Waals surface area contributed by atoms with Crippen LogP contribution < -0.4 is 4.74 Å². The van der Waals surface area contributed by atoms with Crippen molar-refractivity contribution in [3.8, 4) is 5.75 Å². The standard InChI is InChI=1S/C17H25NO2/c1-4-13-7-5-11(2)18(13)16-9-12-6-8-14(20-3)10-15(12)17(16)19/h6,8,10-11,13,16-17,19H,4-5,7,9H2,1-3H3. The summed E-state index contributed by atoms with van der Waals surface area (Å²) in [6.07, 6.45) is 4.27. The highest BCUT2D eigenvalue weighted by atomic mass is 16.5. The maximum absolute atomic E-state index is 10.8. The average molecular weight is 275 g/mol. The van der Waals surface area contributed by atoms with Gasteiger partial charge in [0.25, 0.3) is 0 Å². The second-order valence-corrected chi connectivity index (χ2v) is 6.22. The van der Waals surface area contributed by atoms with Gasteiger partial charge in [-0.1, -0.05) is 13.0 Å². The van der Waals surface area contributed by atoms with Gasteiger partial charge in [-0.25, -0.2) is 0 Å². The minimum absolute atomic E-state index is 0.236. The van der Waals surface area contributed by atoms with Gasteiger partial charge in [0, 0.05) is 18.1 Å². The van der Waals surface area contributed by atoms with Crippen LogP contribution in [0.15, 0.2) is 18.2 Å². The summed E-state index contributed by atoms with van der Waals surface area (Å²) in [6, 6.07) is 7.55. The van der Waals surface area contributed by atoms with E-state index in [4.69, 9.17) is 4.74 Å². The van der Waals surface area contributed by atoms with Crippen LogP contribution >= 0.6 is 0 Å². The topological polar surface area (TPSA) is 32.7 Å². The largest absolute Gasteiger partial charge is 0.497 e. The number of hydrogen-bond donors (Lipinski definition) is 1. The lowest BCUT2D eigenvalue weighted by atomic mass is 10.1. The molecule has 0 amide bonds. The zero-order chi connectivity index (χ0) is 14.3. The molecular weight excluding hydrogens is 250 g/mol. The minimum atomic E-state index is -0.380. The molecule has 0 spiro atoms. The van der Waals surface area contributed by atoms with Crippen molar-refractivity contribution in [2.45, 2.75) is 63.8 Å². The van der Waals surface area contributed by atoms with Crippen LogP contribution in [-0.2, 0) is 6.42 Å². The summed E-state index contributed by atoms with van der Waals surface area (Å²) < 4.78 is 5.29. The van der Waals surface area contributed by atoms with Gasteiger partial charge in [-0.05, 0) is 55.9 Å². The van der Waals surface area contributed by atoms with Gasteiger partial charge < -0.3 is 9.84 Å². The number of benzene rings is 1. The number of ether oxygens (including phenoxy) is 1.